The molecule has 0 radical (unpaired) electrons. The molecule has 102 valence electrons. The topological polar surface area (TPSA) is 12.0 Å². The summed E-state index contributed by atoms with van der Waals surface area (Å²) >= 11 is 8.17. The summed E-state index contributed by atoms with van der Waals surface area (Å²) in [7, 11) is 0. The minimum absolute atomic E-state index is 0.677. The Morgan fingerprint density at radius 3 is 2.50 bits per heavy atom. The maximum Gasteiger partial charge on any atom is 0.0545 e. The van der Waals surface area contributed by atoms with Crippen LogP contribution in [0.25, 0.3) is 0 Å². The highest BCUT2D eigenvalue weighted by Gasteiger charge is 2.08. The van der Waals surface area contributed by atoms with Crippen molar-refractivity contribution in [3.63, 3.8) is 0 Å². The minimum atomic E-state index is 0.677. The van der Waals surface area contributed by atoms with Crippen LogP contribution < -0.4 is 5.32 Å². The highest BCUT2D eigenvalue weighted by Crippen LogP contribution is 2.31. The molecule has 0 amide bonds. The molecule has 0 aliphatic rings. The average molecular weight is 286 g/mol. The molecule has 0 unspecified atom stereocenters. The van der Waals surface area contributed by atoms with Crippen molar-refractivity contribution < 1.29 is 0 Å². The van der Waals surface area contributed by atoms with Crippen LogP contribution >= 0.6 is 23.4 Å². The van der Waals surface area contributed by atoms with Gasteiger partial charge in [0.2, 0.25) is 0 Å². The third kappa shape index (κ3) is 5.64. The first-order valence-electron chi connectivity index (χ1n) is 6.61. The fourth-order valence-electron chi connectivity index (χ4n) is 1.60. The van der Waals surface area contributed by atoms with Gasteiger partial charge in [0.1, 0.15) is 0 Å². The first kappa shape index (κ1) is 15.9. The Morgan fingerprint density at radius 2 is 1.89 bits per heavy atom. The van der Waals surface area contributed by atoms with Crippen LogP contribution in [0.3, 0.4) is 0 Å². The average Bonchev–Trinajstić information content (AvgIpc) is 2.27. The Balaban J connectivity index is 2.67. The monoisotopic (exact) mass is 285 g/mol. The number of halogens is 1. The van der Waals surface area contributed by atoms with Gasteiger partial charge in [0, 0.05) is 17.2 Å². The summed E-state index contributed by atoms with van der Waals surface area (Å²) in [5, 5.41) is 4.36. The maximum absolute atomic E-state index is 6.31. The summed E-state index contributed by atoms with van der Waals surface area (Å²) < 4.78 is 0. The Morgan fingerprint density at radius 1 is 1.17 bits per heavy atom. The summed E-state index contributed by atoms with van der Waals surface area (Å²) in [6.45, 7) is 10.9. The molecule has 3 heteroatoms. The van der Waals surface area contributed by atoms with Gasteiger partial charge in [-0.05, 0) is 30.0 Å². The zero-order valence-electron chi connectivity index (χ0n) is 11.8. The van der Waals surface area contributed by atoms with Crippen molar-refractivity contribution in [3.05, 3.63) is 28.8 Å². The van der Waals surface area contributed by atoms with E-state index in [-0.39, 0.29) is 0 Å². The van der Waals surface area contributed by atoms with Crippen LogP contribution in [-0.4, -0.2) is 12.3 Å². The van der Waals surface area contributed by atoms with Crippen molar-refractivity contribution in [1.29, 1.82) is 0 Å². The number of benzene rings is 1. The van der Waals surface area contributed by atoms with E-state index in [2.05, 4.69) is 39.1 Å². The van der Waals surface area contributed by atoms with Gasteiger partial charge < -0.3 is 5.32 Å². The van der Waals surface area contributed by atoms with Crippen LogP contribution in [0.1, 0.15) is 33.3 Å². The van der Waals surface area contributed by atoms with Gasteiger partial charge in [0.25, 0.3) is 0 Å². The molecular weight excluding hydrogens is 262 g/mol. The molecule has 0 bridgehead atoms. The maximum atomic E-state index is 6.31. The molecule has 18 heavy (non-hydrogen) atoms. The van der Waals surface area contributed by atoms with Crippen LogP contribution in [0, 0.1) is 11.8 Å². The Labute approximate surface area is 121 Å². The smallest absolute Gasteiger partial charge is 0.0545 e. The molecule has 1 N–H and O–H groups in total. The van der Waals surface area contributed by atoms with Gasteiger partial charge >= 0.3 is 0 Å². The molecule has 0 fully saturated rings. The molecule has 0 heterocycles. The highest BCUT2D eigenvalue weighted by atomic mass is 35.5. The van der Waals surface area contributed by atoms with Crippen molar-refractivity contribution in [3.8, 4) is 0 Å². The molecule has 0 saturated carbocycles. The van der Waals surface area contributed by atoms with Crippen LogP contribution in [0.4, 0.5) is 0 Å². The van der Waals surface area contributed by atoms with Crippen LogP contribution in [-0.2, 0) is 6.54 Å². The normalized spacial score (nSPS) is 11.5. The minimum Gasteiger partial charge on any atom is -0.312 e. The summed E-state index contributed by atoms with van der Waals surface area (Å²) in [6.07, 6.45) is 0. The summed E-state index contributed by atoms with van der Waals surface area (Å²) in [6, 6.07) is 6.19. The number of hydrogen-bond acceptors (Lipinski definition) is 2. The van der Waals surface area contributed by atoms with E-state index in [0.29, 0.717) is 11.8 Å². The van der Waals surface area contributed by atoms with E-state index in [0.717, 1.165) is 23.9 Å². The molecule has 0 saturated heterocycles. The number of hydrogen-bond donors (Lipinski definition) is 1. The second kappa shape index (κ2) is 8.08. The second-order valence-electron chi connectivity index (χ2n) is 5.46. The Kier molecular flexibility index (Phi) is 7.13. The lowest BCUT2D eigenvalue weighted by atomic mass is 10.2. The molecule has 0 aromatic heterocycles. The predicted molar refractivity (Wildman–Crippen MR) is 83.6 cm³/mol. The molecule has 0 aliphatic carbocycles. The van der Waals surface area contributed by atoms with Gasteiger partial charge in [-0.2, -0.15) is 0 Å². The SMILES string of the molecule is CC(C)CNCc1cccc(Cl)c1SCC(C)C. The fourth-order valence-corrected chi connectivity index (χ4v) is 2.99. The third-order valence-electron chi connectivity index (χ3n) is 2.48. The highest BCUT2D eigenvalue weighted by molar-refractivity contribution is 7.99. The van der Waals surface area contributed by atoms with Crippen molar-refractivity contribution in [2.24, 2.45) is 11.8 Å². The lowest BCUT2D eigenvalue weighted by Gasteiger charge is -2.14. The zero-order valence-corrected chi connectivity index (χ0v) is 13.4. The summed E-state index contributed by atoms with van der Waals surface area (Å²) in [5.74, 6) is 2.47. The Bertz CT molecular complexity index is 364. The van der Waals surface area contributed by atoms with Gasteiger partial charge in [-0.3, -0.25) is 0 Å². The third-order valence-corrected chi connectivity index (χ3v) is 4.51. The fraction of sp³-hybridized carbons (Fsp3) is 0.600. The summed E-state index contributed by atoms with van der Waals surface area (Å²) in [4.78, 5) is 1.24. The van der Waals surface area contributed by atoms with E-state index in [1.807, 2.05) is 23.9 Å². The lowest BCUT2D eigenvalue weighted by Crippen LogP contribution is -2.19. The first-order chi connectivity index (χ1) is 8.50. The van der Waals surface area contributed by atoms with Gasteiger partial charge in [-0.1, -0.05) is 51.4 Å². The van der Waals surface area contributed by atoms with Crippen LogP contribution in [0.15, 0.2) is 23.1 Å². The number of thioether (sulfide) groups is 1. The number of rotatable bonds is 7. The summed E-state index contributed by atoms with van der Waals surface area (Å²) in [5.41, 5.74) is 1.31. The van der Waals surface area contributed by atoms with Crippen molar-refractivity contribution in [1.82, 2.24) is 5.32 Å². The van der Waals surface area contributed by atoms with E-state index in [9.17, 15) is 0 Å². The van der Waals surface area contributed by atoms with Crippen LogP contribution in [0.5, 0.6) is 0 Å². The van der Waals surface area contributed by atoms with E-state index < -0.39 is 0 Å². The van der Waals surface area contributed by atoms with E-state index in [1.165, 1.54) is 10.5 Å². The molecule has 1 aromatic carbocycles. The molecule has 1 nitrogen and oxygen atoms in total. The van der Waals surface area contributed by atoms with Gasteiger partial charge in [0.05, 0.1) is 5.02 Å². The van der Waals surface area contributed by atoms with E-state index in [1.54, 1.807) is 0 Å². The molecule has 0 atom stereocenters. The molecule has 1 aromatic rings. The molecule has 1 rings (SSSR count). The second-order valence-corrected chi connectivity index (χ2v) is 6.90. The number of nitrogens with one attached hydrogen (secondary N) is 1. The van der Waals surface area contributed by atoms with Crippen molar-refractivity contribution >= 4 is 23.4 Å². The molecule has 0 spiro atoms. The van der Waals surface area contributed by atoms with Crippen molar-refractivity contribution in [2.45, 2.75) is 39.1 Å². The quantitative estimate of drug-likeness (QED) is 0.720. The van der Waals surface area contributed by atoms with Gasteiger partial charge in [0.15, 0.2) is 0 Å². The van der Waals surface area contributed by atoms with Gasteiger partial charge in [-0.15, -0.1) is 11.8 Å². The molecular formula is C15H24ClNS. The van der Waals surface area contributed by atoms with E-state index >= 15 is 0 Å². The first-order valence-corrected chi connectivity index (χ1v) is 7.98. The molecule has 0 aliphatic heterocycles. The van der Waals surface area contributed by atoms with Crippen molar-refractivity contribution in [2.75, 3.05) is 12.3 Å². The van der Waals surface area contributed by atoms with E-state index in [4.69, 9.17) is 11.6 Å². The predicted octanol–water partition coefficient (Wildman–Crippen LogP) is 4.83. The lowest BCUT2D eigenvalue weighted by molar-refractivity contribution is 0.550. The van der Waals surface area contributed by atoms with Gasteiger partial charge in [-0.25, -0.2) is 0 Å². The standard InChI is InChI=1S/C15H24ClNS/c1-11(2)8-17-9-13-6-5-7-14(16)15(13)18-10-12(3)4/h5-7,11-12,17H,8-10H2,1-4H3. The zero-order chi connectivity index (χ0) is 13.5. The largest absolute Gasteiger partial charge is 0.312 e. The Hall–Kier alpha value is -0.180. The van der Waals surface area contributed by atoms with Crippen LogP contribution in [0.2, 0.25) is 5.02 Å².